The maximum absolute atomic E-state index is 13.5. The Kier molecular flexibility index (Phi) is 5.37. The van der Waals surface area contributed by atoms with Crippen molar-refractivity contribution in [2.75, 3.05) is 9.96 Å². The van der Waals surface area contributed by atoms with Crippen LogP contribution in [0.3, 0.4) is 0 Å². The second kappa shape index (κ2) is 8.14. The Morgan fingerprint density at radius 3 is 2.21 bits per heavy atom. The van der Waals surface area contributed by atoms with Gasteiger partial charge in [0.15, 0.2) is 6.10 Å². The number of alkyl halides is 3. The van der Waals surface area contributed by atoms with Crippen molar-refractivity contribution < 1.29 is 27.6 Å². The predicted molar refractivity (Wildman–Crippen MR) is 120 cm³/mol. The summed E-state index contributed by atoms with van der Waals surface area (Å²) in [5.41, 5.74) is 1.26. The Hall–Kier alpha value is -3.36. The van der Waals surface area contributed by atoms with Gasteiger partial charge >= 0.3 is 6.18 Å². The number of rotatable bonds is 3. The van der Waals surface area contributed by atoms with E-state index in [4.69, 9.17) is 16.4 Å². The third-order valence-corrected chi connectivity index (χ3v) is 6.30. The maximum atomic E-state index is 13.5. The van der Waals surface area contributed by atoms with Crippen LogP contribution in [-0.2, 0) is 20.6 Å². The highest BCUT2D eigenvalue weighted by molar-refractivity contribution is 6.30. The number of hydrogen-bond donors (Lipinski definition) is 0. The van der Waals surface area contributed by atoms with Crippen LogP contribution in [0, 0.1) is 12.8 Å². The predicted octanol–water partition coefficient (Wildman–Crippen LogP) is 5.72. The first-order valence-corrected chi connectivity index (χ1v) is 10.9. The Bertz CT molecular complexity index is 1260. The second-order valence-corrected chi connectivity index (χ2v) is 8.71. The molecule has 2 aliphatic rings. The lowest BCUT2D eigenvalue weighted by molar-refractivity contribution is -0.137. The van der Waals surface area contributed by atoms with Gasteiger partial charge in [0, 0.05) is 5.02 Å². The van der Waals surface area contributed by atoms with E-state index in [1.165, 1.54) is 17.2 Å². The van der Waals surface area contributed by atoms with Crippen molar-refractivity contribution in [2.45, 2.75) is 25.2 Å². The molecule has 2 amide bonds. The number of amides is 2. The van der Waals surface area contributed by atoms with Crippen LogP contribution in [0.25, 0.3) is 0 Å². The summed E-state index contributed by atoms with van der Waals surface area (Å²) in [5.74, 6) is -2.26. The molecule has 5 rings (SSSR count). The monoisotopic (exact) mass is 486 g/mol. The minimum atomic E-state index is -4.61. The molecule has 0 N–H and O–H groups in total. The van der Waals surface area contributed by atoms with E-state index in [1.54, 1.807) is 24.3 Å². The van der Waals surface area contributed by atoms with E-state index in [-0.39, 0.29) is 5.69 Å². The van der Waals surface area contributed by atoms with Crippen LogP contribution < -0.4 is 9.96 Å². The van der Waals surface area contributed by atoms with E-state index in [2.05, 4.69) is 0 Å². The molecule has 0 bridgehead atoms. The van der Waals surface area contributed by atoms with Gasteiger partial charge in [-0.15, -0.1) is 0 Å². The topological polar surface area (TPSA) is 49.9 Å². The number of fused-ring (bicyclic) bond motifs is 1. The molecular formula is C25H18ClF3N2O3. The van der Waals surface area contributed by atoms with Crippen molar-refractivity contribution in [1.29, 1.82) is 0 Å². The molecule has 0 radical (unpaired) electrons. The van der Waals surface area contributed by atoms with Crippen molar-refractivity contribution in [2.24, 2.45) is 5.92 Å². The van der Waals surface area contributed by atoms with E-state index in [9.17, 15) is 22.8 Å². The minimum Gasteiger partial charge on any atom is -0.273 e. The number of carbonyl (C=O) groups is 2. The number of imide groups is 1. The van der Waals surface area contributed by atoms with Crippen molar-refractivity contribution in [1.82, 2.24) is 0 Å². The van der Waals surface area contributed by atoms with Gasteiger partial charge < -0.3 is 0 Å². The molecule has 0 spiro atoms. The summed E-state index contributed by atoms with van der Waals surface area (Å²) in [7, 11) is 0. The van der Waals surface area contributed by atoms with Gasteiger partial charge in [0.1, 0.15) is 5.92 Å². The summed E-state index contributed by atoms with van der Waals surface area (Å²) >= 11 is 6.01. The highest BCUT2D eigenvalue weighted by Crippen LogP contribution is 2.48. The van der Waals surface area contributed by atoms with Crippen LogP contribution in [0.4, 0.5) is 24.5 Å². The lowest BCUT2D eigenvalue weighted by Crippen LogP contribution is -2.37. The summed E-state index contributed by atoms with van der Waals surface area (Å²) in [6.07, 6.45) is -5.78. The van der Waals surface area contributed by atoms with Gasteiger partial charge in [-0.3, -0.25) is 14.4 Å². The highest BCUT2D eigenvalue weighted by atomic mass is 35.5. The first kappa shape index (κ1) is 22.4. The molecule has 2 heterocycles. The van der Waals surface area contributed by atoms with Crippen LogP contribution in [0.5, 0.6) is 0 Å². The number of nitrogens with zero attached hydrogens (tertiary/aromatic N) is 2. The standard InChI is InChI=1S/C25H18ClF3N2O3/c1-14-5-7-15(8-6-14)21-20-22(34-31(21)18-11-9-17(26)10-12-18)24(33)30(23(20)32)19-4-2-3-16(13-19)25(27,28)29/h2-13,20-22H,1H3/t20-,21+,22-/m1/s1. The molecule has 3 atom stereocenters. The van der Waals surface area contributed by atoms with E-state index in [1.807, 2.05) is 31.2 Å². The maximum Gasteiger partial charge on any atom is 0.416 e. The summed E-state index contributed by atoms with van der Waals surface area (Å²) in [6, 6.07) is 17.7. The molecule has 2 fully saturated rings. The van der Waals surface area contributed by atoms with Crippen molar-refractivity contribution in [3.8, 4) is 0 Å². The SMILES string of the molecule is Cc1ccc([C@H]2[C@H]3C(=O)N(c4cccc(C(F)(F)F)c4)C(=O)[C@@H]3ON2c2ccc(Cl)cc2)cc1. The summed E-state index contributed by atoms with van der Waals surface area (Å²) in [6.45, 7) is 1.92. The van der Waals surface area contributed by atoms with Gasteiger partial charge in [-0.25, -0.2) is 9.96 Å². The van der Waals surface area contributed by atoms with Gasteiger partial charge in [-0.1, -0.05) is 47.5 Å². The smallest absolute Gasteiger partial charge is 0.273 e. The fourth-order valence-corrected chi connectivity index (χ4v) is 4.53. The molecule has 0 aliphatic carbocycles. The number of aryl methyl sites for hydroxylation is 1. The number of carbonyl (C=O) groups excluding carboxylic acids is 2. The van der Waals surface area contributed by atoms with Gasteiger partial charge in [0.05, 0.1) is 23.0 Å². The molecule has 34 heavy (non-hydrogen) atoms. The minimum absolute atomic E-state index is 0.136. The highest BCUT2D eigenvalue weighted by Gasteiger charge is 2.60. The van der Waals surface area contributed by atoms with Gasteiger partial charge in [0.2, 0.25) is 5.91 Å². The zero-order chi connectivity index (χ0) is 24.2. The lowest BCUT2D eigenvalue weighted by atomic mass is 9.90. The van der Waals surface area contributed by atoms with Crippen molar-refractivity contribution in [3.05, 3.63) is 94.5 Å². The Balaban J connectivity index is 1.57. The van der Waals surface area contributed by atoms with E-state index in [0.29, 0.717) is 10.7 Å². The van der Waals surface area contributed by atoms with E-state index < -0.39 is 41.6 Å². The lowest BCUT2D eigenvalue weighted by Gasteiger charge is -2.29. The zero-order valence-corrected chi connectivity index (χ0v) is 18.5. The zero-order valence-electron chi connectivity index (χ0n) is 17.8. The average molecular weight is 487 g/mol. The normalized spacial score (nSPS) is 22.4. The first-order chi connectivity index (χ1) is 16.1. The largest absolute Gasteiger partial charge is 0.416 e. The molecule has 9 heteroatoms. The Morgan fingerprint density at radius 1 is 0.882 bits per heavy atom. The molecule has 3 aromatic rings. The third kappa shape index (κ3) is 3.73. The van der Waals surface area contributed by atoms with Crippen LogP contribution in [0.15, 0.2) is 72.8 Å². The molecule has 0 unspecified atom stereocenters. The molecule has 0 aromatic heterocycles. The fourth-order valence-electron chi connectivity index (χ4n) is 4.40. The molecule has 5 nitrogen and oxygen atoms in total. The summed E-state index contributed by atoms with van der Waals surface area (Å²) in [4.78, 5) is 33.6. The third-order valence-electron chi connectivity index (χ3n) is 6.05. The quantitative estimate of drug-likeness (QED) is 0.444. The summed E-state index contributed by atoms with van der Waals surface area (Å²) in [5, 5.41) is 2.02. The molecule has 174 valence electrons. The summed E-state index contributed by atoms with van der Waals surface area (Å²) < 4.78 is 39.7. The van der Waals surface area contributed by atoms with Crippen molar-refractivity contribution >= 4 is 34.8 Å². The Labute approximate surface area is 198 Å². The average Bonchev–Trinajstić information content (AvgIpc) is 3.30. The molecule has 2 aliphatic heterocycles. The van der Waals surface area contributed by atoms with Gasteiger partial charge in [-0.05, 0) is 55.0 Å². The molecular weight excluding hydrogens is 469 g/mol. The molecule has 2 saturated heterocycles. The fraction of sp³-hybridized carbons (Fsp3) is 0.200. The second-order valence-electron chi connectivity index (χ2n) is 8.27. The molecule has 0 saturated carbocycles. The molecule has 3 aromatic carbocycles. The van der Waals surface area contributed by atoms with Crippen LogP contribution >= 0.6 is 11.6 Å². The van der Waals surface area contributed by atoms with Gasteiger partial charge in [-0.2, -0.15) is 13.2 Å². The Morgan fingerprint density at radius 2 is 1.56 bits per heavy atom. The van der Waals surface area contributed by atoms with E-state index in [0.717, 1.165) is 28.2 Å². The first-order valence-electron chi connectivity index (χ1n) is 10.5. The van der Waals surface area contributed by atoms with Crippen LogP contribution in [0.2, 0.25) is 5.02 Å². The number of benzene rings is 3. The number of hydroxylamine groups is 1. The van der Waals surface area contributed by atoms with Crippen molar-refractivity contribution in [3.63, 3.8) is 0 Å². The number of anilines is 2. The number of hydrogen-bond acceptors (Lipinski definition) is 4. The number of halogens is 4. The van der Waals surface area contributed by atoms with Gasteiger partial charge in [0.25, 0.3) is 5.91 Å². The van der Waals surface area contributed by atoms with Crippen LogP contribution in [0.1, 0.15) is 22.7 Å². The van der Waals surface area contributed by atoms with Crippen LogP contribution in [-0.4, -0.2) is 17.9 Å². The van der Waals surface area contributed by atoms with E-state index >= 15 is 0 Å².